The monoisotopic (exact) mass is 728 g/mol. The lowest BCUT2D eigenvalue weighted by atomic mass is 9.99. The van der Waals surface area contributed by atoms with Gasteiger partial charge in [0, 0.05) is 43.9 Å². The molecular formula is C52H32N4O. The molecule has 12 aromatic rings. The van der Waals surface area contributed by atoms with Crippen molar-refractivity contribution in [1.82, 2.24) is 19.1 Å². The van der Waals surface area contributed by atoms with E-state index < -0.39 is 0 Å². The summed E-state index contributed by atoms with van der Waals surface area (Å²) >= 11 is 0. The zero-order chi connectivity index (χ0) is 37.5. The van der Waals surface area contributed by atoms with Crippen molar-refractivity contribution in [1.29, 1.82) is 0 Å². The molecule has 0 saturated carbocycles. The van der Waals surface area contributed by atoms with E-state index in [9.17, 15) is 0 Å². The van der Waals surface area contributed by atoms with E-state index in [0.29, 0.717) is 5.82 Å². The van der Waals surface area contributed by atoms with Crippen LogP contribution in [0.4, 0.5) is 0 Å². The molecular weight excluding hydrogens is 697 g/mol. The van der Waals surface area contributed by atoms with E-state index in [1.807, 2.05) is 24.3 Å². The second-order valence-electron chi connectivity index (χ2n) is 14.6. The first-order valence-corrected chi connectivity index (χ1v) is 19.3. The van der Waals surface area contributed by atoms with Gasteiger partial charge in [0.05, 0.1) is 33.2 Å². The van der Waals surface area contributed by atoms with E-state index in [1.54, 1.807) is 0 Å². The fourth-order valence-electron chi connectivity index (χ4n) is 8.78. The molecule has 0 saturated heterocycles. The highest BCUT2D eigenvalue weighted by molar-refractivity contribution is 6.16. The van der Waals surface area contributed by atoms with E-state index in [2.05, 4.69) is 179 Å². The Morgan fingerprint density at radius 1 is 0.386 bits per heavy atom. The topological polar surface area (TPSA) is 48.8 Å². The lowest BCUT2D eigenvalue weighted by Gasteiger charge is -2.10. The number of nitrogens with zero attached hydrogens (tertiary/aromatic N) is 4. The second-order valence-corrected chi connectivity index (χ2v) is 14.6. The third-order valence-corrected chi connectivity index (χ3v) is 11.3. The number of rotatable bonds is 5. The summed E-state index contributed by atoms with van der Waals surface area (Å²) in [6.07, 6.45) is 0. The second kappa shape index (κ2) is 12.4. The van der Waals surface area contributed by atoms with Gasteiger partial charge in [-0.25, -0.2) is 9.97 Å². The Kier molecular flexibility index (Phi) is 6.86. The molecule has 0 aliphatic rings. The first kappa shape index (κ1) is 31.6. The minimum Gasteiger partial charge on any atom is -0.455 e. The van der Waals surface area contributed by atoms with Crippen LogP contribution in [0.5, 0.6) is 0 Å². The average molecular weight is 729 g/mol. The van der Waals surface area contributed by atoms with E-state index >= 15 is 0 Å². The maximum atomic E-state index is 6.53. The van der Waals surface area contributed by atoms with Gasteiger partial charge in [0.25, 0.3) is 0 Å². The summed E-state index contributed by atoms with van der Waals surface area (Å²) < 4.78 is 11.2. The number of fused-ring (bicyclic) bond motifs is 9. The van der Waals surface area contributed by atoms with E-state index in [1.165, 1.54) is 21.8 Å². The highest BCUT2D eigenvalue weighted by Gasteiger charge is 2.23. The fourth-order valence-corrected chi connectivity index (χ4v) is 8.78. The van der Waals surface area contributed by atoms with Gasteiger partial charge in [0.2, 0.25) is 0 Å². The van der Waals surface area contributed by atoms with Crippen LogP contribution in [-0.2, 0) is 0 Å². The Labute approximate surface area is 327 Å². The van der Waals surface area contributed by atoms with Gasteiger partial charge in [0.1, 0.15) is 16.8 Å². The predicted molar refractivity (Wildman–Crippen MR) is 234 cm³/mol. The smallest absolute Gasteiger partial charge is 0.165 e. The molecule has 0 aliphatic heterocycles. The molecule has 57 heavy (non-hydrogen) atoms. The van der Waals surface area contributed by atoms with Crippen LogP contribution in [0.2, 0.25) is 0 Å². The van der Waals surface area contributed by atoms with Crippen LogP contribution in [0.25, 0.3) is 111 Å². The molecule has 0 atom stereocenters. The van der Waals surface area contributed by atoms with Crippen LogP contribution in [0, 0.1) is 0 Å². The third kappa shape index (κ3) is 4.82. The Morgan fingerprint density at radius 3 is 1.72 bits per heavy atom. The van der Waals surface area contributed by atoms with Crippen LogP contribution >= 0.6 is 0 Å². The zero-order valence-electron chi connectivity index (χ0n) is 30.7. The lowest BCUT2D eigenvalue weighted by Crippen LogP contribution is -1.99. The molecule has 5 nitrogen and oxygen atoms in total. The molecule has 0 N–H and O–H groups in total. The summed E-state index contributed by atoms with van der Waals surface area (Å²) in [7, 11) is 0. The Hall–Kier alpha value is -7.76. The Morgan fingerprint density at radius 2 is 0.965 bits per heavy atom. The standard InChI is InChI=1S/C52H32N4O/c1-4-15-33(16-5-1)49-48-43-32-35(34-27-29-45-42(31-34)38-21-10-12-25-44(38)55(45)36-17-6-2-7-18-36)28-30-46(43)56(37-19-8-3-9-20-37)52(48)54-51(53-49)41-24-14-23-40-39-22-11-13-26-47(39)57-50(40)41/h1-32H. The normalized spacial score (nSPS) is 11.9. The number of para-hydroxylation sites is 5. The minimum atomic E-state index is 0.617. The van der Waals surface area contributed by atoms with Crippen molar-refractivity contribution in [3.8, 4) is 45.1 Å². The molecule has 4 aromatic heterocycles. The Balaban J connectivity index is 1.14. The SMILES string of the molecule is c1ccc(-c2nc(-c3cccc4c3oc3ccccc34)nc3c2c2cc(-c4ccc5c(c4)c4ccccc4n5-c4ccccc4)ccc2n3-c2ccccc2)cc1. The molecule has 0 spiro atoms. The summed E-state index contributed by atoms with van der Waals surface area (Å²) in [5.41, 5.74) is 13.1. The maximum absolute atomic E-state index is 6.53. The van der Waals surface area contributed by atoms with Gasteiger partial charge >= 0.3 is 0 Å². The van der Waals surface area contributed by atoms with Crippen molar-refractivity contribution in [2.45, 2.75) is 0 Å². The average Bonchev–Trinajstić information content (AvgIpc) is 3.94. The van der Waals surface area contributed by atoms with Crippen molar-refractivity contribution in [2.24, 2.45) is 0 Å². The molecule has 266 valence electrons. The van der Waals surface area contributed by atoms with Gasteiger partial charge in [-0.3, -0.25) is 4.57 Å². The van der Waals surface area contributed by atoms with Gasteiger partial charge in [-0.15, -0.1) is 0 Å². The van der Waals surface area contributed by atoms with E-state index in [-0.39, 0.29) is 0 Å². The zero-order valence-corrected chi connectivity index (χ0v) is 30.7. The maximum Gasteiger partial charge on any atom is 0.165 e. The van der Waals surface area contributed by atoms with Crippen LogP contribution in [0.1, 0.15) is 0 Å². The number of aromatic nitrogens is 4. The largest absolute Gasteiger partial charge is 0.455 e. The summed E-state index contributed by atoms with van der Waals surface area (Å²) in [6, 6.07) is 68.4. The molecule has 0 amide bonds. The molecule has 8 aromatic carbocycles. The predicted octanol–water partition coefficient (Wildman–Crippen LogP) is 13.6. The van der Waals surface area contributed by atoms with Gasteiger partial charge in [-0.05, 0) is 77.9 Å². The molecule has 0 radical (unpaired) electrons. The first-order chi connectivity index (χ1) is 28.3. The van der Waals surface area contributed by atoms with Crippen LogP contribution < -0.4 is 0 Å². The van der Waals surface area contributed by atoms with E-state index in [4.69, 9.17) is 14.4 Å². The lowest BCUT2D eigenvalue weighted by molar-refractivity contribution is 0.669. The van der Waals surface area contributed by atoms with Gasteiger partial charge < -0.3 is 8.98 Å². The number of furan rings is 1. The van der Waals surface area contributed by atoms with Crippen molar-refractivity contribution >= 4 is 65.7 Å². The Bertz CT molecular complexity index is 3510. The van der Waals surface area contributed by atoms with Crippen LogP contribution in [-0.4, -0.2) is 19.1 Å². The number of hydrogen-bond acceptors (Lipinski definition) is 3. The minimum absolute atomic E-state index is 0.617. The molecule has 0 fully saturated rings. The molecule has 0 aliphatic carbocycles. The van der Waals surface area contributed by atoms with Crippen molar-refractivity contribution in [3.05, 3.63) is 194 Å². The quantitative estimate of drug-likeness (QED) is 0.177. The summed E-state index contributed by atoms with van der Waals surface area (Å²) in [4.78, 5) is 10.9. The van der Waals surface area contributed by atoms with Gasteiger partial charge in [-0.2, -0.15) is 0 Å². The number of benzene rings is 8. The molecule has 12 rings (SSSR count). The van der Waals surface area contributed by atoms with Gasteiger partial charge in [0.15, 0.2) is 5.82 Å². The third-order valence-electron chi connectivity index (χ3n) is 11.3. The van der Waals surface area contributed by atoms with Crippen molar-refractivity contribution < 1.29 is 4.42 Å². The first-order valence-electron chi connectivity index (χ1n) is 19.3. The number of hydrogen-bond donors (Lipinski definition) is 0. The molecule has 4 heterocycles. The fraction of sp³-hybridized carbons (Fsp3) is 0. The molecule has 0 unspecified atom stereocenters. The molecule has 5 heteroatoms. The van der Waals surface area contributed by atoms with Crippen molar-refractivity contribution in [2.75, 3.05) is 0 Å². The van der Waals surface area contributed by atoms with E-state index in [0.717, 1.165) is 83.2 Å². The molecule has 0 bridgehead atoms. The summed E-state index contributed by atoms with van der Waals surface area (Å²) in [6.45, 7) is 0. The summed E-state index contributed by atoms with van der Waals surface area (Å²) in [5, 5.41) is 6.66. The van der Waals surface area contributed by atoms with Crippen molar-refractivity contribution in [3.63, 3.8) is 0 Å². The highest BCUT2D eigenvalue weighted by atomic mass is 16.3. The highest BCUT2D eigenvalue weighted by Crippen LogP contribution is 2.42. The van der Waals surface area contributed by atoms with Crippen LogP contribution in [0.3, 0.4) is 0 Å². The summed E-state index contributed by atoms with van der Waals surface area (Å²) in [5.74, 6) is 0.617. The van der Waals surface area contributed by atoms with Gasteiger partial charge in [-0.1, -0.05) is 127 Å². The van der Waals surface area contributed by atoms with Crippen LogP contribution in [0.15, 0.2) is 199 Å².